The SMILES string of the molecule is CC(C)(C)c1cc(-c2nc(-c3cc(C(C)(C)C)cc(C(C)(C)C)c3)nc(-c3cc4c5c(c3)N(c3cc(C(C)(C)C)cc(C(C)(C)C)c3)c3c(ccc6c3ccc3ccccc36)B5c3ccc5c(ccc6ccccc65)c3N4c3cc(C(C)(C)C)cc(C(C)(C)C)c3)n2)cc(C(C)(C)C)c1. The Morgan fingerprint density at radius 1 is 0.253 bits per heavy atom. The van der Waals surface area contributed by atoms with Crippen LogP contribution in [0.2, 0.25) is 0 Å². The molecule has 0 unspecified atom stereocenters. The molecule has 0 N–H and O–H groups in total. The van der Waals surface area contributed by atoms with Crippen LogP contribution in [-0.2, 0) is 43.3 Å². The predicted molar refractivity (Wildman–Crippen MR) is 430 cm³/mol. The lowest BCUT2D eigenvalue weighted by atomic mass is 9.33. The van der Waals surface area contributed by atoms with E-state index in [-0.39, 0.29) is 50.0 Å². The lowest BCUT2D eigenvalue weighted by Gasteiger charge is -2.46. The zero-order valence-corrected chi connectivity index (χ0v) is 63.6. The van der Waals surface area contributed by atoms with Gasteiger partial charge in [-0.3, -0.25) is 0 Å². The molecule has 0 amide bonds. The molecule has 0 spiro atoms. The Bertz CT molecular complexity index is 4850. The highest BCUT2D eigenvalue weighted by Crippen LogP contribution is 2.52. The van der Waals surface area contributed by atoms with Gasteiger partial charge in [0.15, 0.2) is 17.5 Å². The number of fused-ring (bicyclic) bond motifs is 12. The fourth-order valence-corrected chi connectivity index (χ4v) is 15.0. The summed E-state index contributed by atoms with van der Waals surface area (Å²) in [7, 11) is 0. The van der Waals surface area contributed by atoms with E-state index in [2.05, 4.69) is 358 Å². The third kappa shape index (κ3) is 12.0. The highest BCUT2D eigenvalue weighted by molar-refractivity contribution is 7.01. The molecule has 2 aliphatic rings. The van der Waals surface area contributed by atoms with Crippen LogP contribution in [0.4, 0.5) is 34.1 Å². The number of aromatic nitrogens is 3. The number of nitrogens with zero attached hydrogens (tertiary/aromatic N) is 5. The summed E-state index contributed by atoms with van der Waals surface area (Å²) in [6.45, 7) is 55.9. The Kier molecular flexibility index (Phi) is 15.5. The monoisotopic (exact) mass is 1300 g/mol. The molecule has 3 heterocycles. The lowest BCUT2D eigenvalue weighted by molar-refractivity contribution is 0.568. The first kappa shape index (κ1) is 67.3. The van der Waals surface area contributed by atoms with Crippen molar-refractivity contribution in [3.8, 4) is 34.2 Å². The Morgan fingerprint density at radius 3 is 0.808 bits per heavy atom. The van der Waals surface area contributed by atoms with Crippen LogP contribution < -0.4 is 26.2 Å². The van der Waals surface area contributed by atoms with E-state index < -0.39 is 0 Å². The average Bonchev–Trinajstić information content (AvgIpc) is 0.683. The largest absolute Gasteiger partial charge is 0.311 e. The summed E-state index contributed by atoms with van der Waals surface area (Å²) < 4.78 is 0. The molecule has 0 atom stereocenters. The summed E-state index contributed by atoms with van der Waals surface area (Å²) >= 11 is 0. The van der Waals surface area contributed by atoms with E-state index in [0.29, 0.717) is 17.5 Å². The van der Waals surface area contributed by atoms with Crippen molar-refractivity contribution in [1.82, 2.24) is 15.0 Å². The minimum absolute atomic E-state index is 0.157. The molecule has 14 rings (SSSR count). The standard InChI is InChI=1S/C93H102BN5/c1-86(2,3)60-41-57(42-61(47-60)87(4,5)6)83-95-84(58-43-62(88(7,8)9)48-63(44-58)89(10,11)12)97-85(96-83)59-45-78-80-79(46-59)99(69-53-66(92(19,20)21)50-67(54-69)93(22,23)24)82-75-36-34-56-30-26-28-32-71(56)73(75)38-40-77(82)94(80)76-39-37-72-70-31-27-25-29-55(70)33-35-74(72)81(76)98(78)68-51-64(90(13,14)15)49-65(52-68)91(16,17)18/h25-54H,1-24H3. The normalized spacial score (nSPS) is 14.0. The second kappa shape index (κ2) is 22.8. The predicted octanol–water partition coefficient (Wildman–Crippen LogP) is 23.9. The zero-order valence-electron chi connectivity index (χ0n) is 63.6. The fourth-order valence-electron chi connectivity index (χ4n) is 15.0. The quantitative estimate of drug-likeness (QED) is 0.127. The van der Waals surface area contributed by atoms with E-state index in [1.54, 1.807) is 0 Å². The van der Waals surface area contributed by atoms with E-state index >= 15 is 0 Å². The molecule has 99 heavy (non-hydrogen) atoms. The molecule has 1 aromatic heterocycles. The third-order valence-corrected chi connectivity index (χ3v) is 21.4. The summed E-state index contributed by atoms with van der Waals surface area (Å²) in [5.74, 6) is 1.91. The summed E-state index contributed by atoms with van der Waals surface area (Å²) in [6.07, 6.45) is 0. The van der Waals surface area contributed by atoms with Crippen molar-refractivity contribution in [2.24, 2.45) is 0 Å². The molecule has 0 fully saturated rings. The molecular formula is C93H102BN5. The number of anilines is 6. The second-order valence-corrected chi connectivity index (χ2v) is 37.2. The van der Waals surface area contributed by atoms with Crippen molar-refractivity contribution in [1.29, 1.82) is 0 Å². The zero-order chi connectivity index (χ0) is 71.0. The van der Waals surface area contributed by atoms with Crippen molar-refractivity contribution in [2.75, 3.05) is 9.80 Å². The lowest BCUT2D eigenvalue weighted by Crippen LogP contribution is -2.61. The van der Waals surface area contributed by atoms with Gasteiger partial charge in [0, 0.05) is 61.6 Å². The number of benzene rings is 11. The van der Waals surface area contributed by atoms with Crippen molar-refractivity contribution >= 4 is 100 Å². The van der Waals surface area contributed by atoms with Gasteiger partial charge in [0.25, 0.3) is 6.71 Å². The van der Waals surface area contributed by atoms with Crippen LogP contribution in [0.1, 0.15) is 211 Å². The molecule has 2 aliphatic heterocycles. The van der Waals surface area contributed by atoms with Gasteiger partial charge < -0.3 is 9.80 Å². The van der Waals surface area contributed by atoms with E-state index in [1.807, 2.05) is 0 Å². The second-order valence-electron chi connectivity index (χ2n) is 37.2. The number of rotatable bonds is 5. The van der Waals surface area contributed by atoms with Gasteiger partial charge in [-0.15, -0.1) is 0 Å². The number of hydrogen-bond donors (Lipinski definition) is 0. The summed E-state index contributed by atoms with van der Waals surface area (Å²) in [4.78, 5) is 22.9. The first-order valence-electron chi connectivity index (χ1n) is 36.2. The maximum atomic E-state index is 5.93. The first-order chi connectivity index (χ1) is 46.1. The molecule has 0 saturated carbocycles. The Labute approximate surface area is 591 Å². The molecule has 0 aliphatic carbocycles. The van der Waals surface area contributed by atoms with Crippen LogP contribution in [0.25, 0.3) is 77.3 Å². The van der Waals surface area contributed by atoms with E-state index in [9.17, 15) is 0 Å². The van der Waals surface area contributed by atoms with Gasteiger partial charge in [-0.25, -0.2) is 15.0 Å². The molecule has 0 bridgehead atoms. The molecule has 5 nitrogen and oxygen atoms in total. The van der Waals surface area contributed by atoms with Crippen molar-refractivity contribution in [3.05, 3.63) is 226 Å². The van der Waals surface area contributed by atoms with Crippen molar-refractivity contribution < 1.29 is 0 Å². The van der Waals surface area contributed by atoms with E-state index in [4.69, 9.17) is 15.0 Å². The maximum absolute atomic E-state index is 5.93. The fraction of sp³-hybridized carbons (Fsp3) is 0.344. The molecule has 0 saturated heterocycles. The van der Waals surface area contributed by atoms with Crippen LogP contribution in [0.5, 0.6) is 0 Å². The third-order valence-electron chi connectivity index (χ3n) is 21.4. The van der Waals surface area contributed by atoms with Gasteiger partial charge in [-0.1, -0.05) is 287 Å². The highest BCUT2D eigenvalue weighted by atomic mass is 15.2. The van der Waals surface area contributed by atoms with Crippen LogP contribution >= 0.6 is 0 Å². The van der Waals surface area contributed by atoms with Gasteiger partial charge in [-0.2, -0.15) is 0 Å². The molecular weight excluding hydrogens is 1200 g/mol. The number of hydrogen-bond acceptors (Lipinski definition) is 5. The van der Waals surface area contributed by atoms with E-state index in [1.165, 1.54) is 115 Å². The minimum atomic E-state index is -0.203. The smallest absolute Gasteiger partial charge is 0.252 e. The average molecular weight is 1300 g/mol. The van der Waals surface area contributed by atoms with Gasteiger partial charge in [0.2, 0.25) is 0 Å². The Hall–Kier alpha value is -8.87. The summed E-state index contributed by atoms with van der Waals surface area (Å²) in [6, 6.07) is 71.2. The summed E-state index contributed by atoms with van der Waals surface area (Å²) in [5, 5.41) is 9.77. The van der Waals surface area contributed by atoms with Gasteiger partial charge >= 0.3 is 0 Å². The van der Waals surface area contributed by atoms with Gasteiger partial charge in [-0.05, 0) is 197 Å². The van der Waals surface area contributed by atoms with Gasteiger partial charge in [0.05, 0.1) is 0 Å². The highest BCUT2D eigenvalue weighted by Gasteiger charge is 2.46. The maximum Gasteiger partial charge on any atom is 0.252 e. The Balaban J connectivity index is 1.21. The van der Waals surface area contributed by atoms with E-state index in [0.717, 1.165) is 39.4 Å². The van der Waals surface area contributed by atoms with Crippen molar-refractivity contribution in [2.45, 2.75) is 209 Å². The topological polar surface area (TPSA) is 45.2 Å². The molecule has 12 aromatic rings. The minimum Gasteiger partial charge on any atom is -0.311 e. The molecule has 11 aromatic carbocycles. The van der Waals surface area contributed by atoms with Gasteiger partial charge in [0.1, 0.15) is 0 Å². The van der Waals surface area contributed by atoms with Crippen LogP contribution in [0.15, 0.2) is 182 Å². The summed E-state index contributed by atoms with van der Waals surface area (Å²) in [5.41, 5.74) is 22.2. The first-order valence-corrected chi connectivity index (χ1v) is 36.2. The molecule has 0 radical (unpaired) electrons. The van der Waals surface area contributed by atoms with Crippen LogP contribution in [-0.4, -0.2) is 21.7 Å². The molecule has 6 heteroatoms. The Morgan fingerprint density at radius 2 is 0.515 bits per heavy atom. The van der Waals surface area contributed by atoms with Crippen LogP contribution in [0, 0.1) is 0 Å². The van der Waals surface area contributed by atoms with Crippen LogP contribution in [0.3, 0.4) is 0 Å². The molecule has 502 valence electrons. The van der Waals surface area contributed by atoms with Crippen molar-refractivity contribution in [3.63, 3.8) is 0 Å².